The molecule has 4 atom stereocenters. The first-order valence-electron chi connectivity index (χ1n) is 8.85. The van der Waals surface area contributed by atoms with Crippen LogP contribution in [-0.4, -0.2) is 66.9 Å². The third-order valence-electron chi connectivity index (χ3n) is 5.29. The first-order valence-corrected chi connectivity index (χ1v) is 8.85. The summed E-state index contributed by atoms with van der Waals surface area (Å²) >= 11 is 0. The summed E-state index contributed by atoms with van der Waals surface area (Å²) in [4.78, 5) is 29.1. The molecule has 1 aromatic rings. The Morgan fingerprint density at radius 1 is 1.50 bits per heavy atom. The number of carbonyl (C=O) groups excluding carboxylic acids is 2. The summed E-state index contributed by atoms with van der Waals surface area (Å²) in [5.74, 6) is -0.0464. The molecule has 0 radical (unpaired) electrons. The molecule has 2 amide bonds. The van der Waals surface area contributed by atoms with Crippen LogP contribution in [0.4, 0.5) is 4.79 Å². The quantitative estimate of drug-likeness (QED) is 0.807. The minimum atomic E-state index is -0.949. The van der Waals surface area contributed by atoms with E-state index in [1.807, 2.05) is 13.8 Å². The van der Waals surface area contributed by atoms with Crippen LogP contribution in [0.3, 0.4) is 0 Å². The fourth-order valence-electron chi connectivity index (χ4n) is 4.11. The molecule has 0 aliphatic carbocycles. The van der Waals surface area contributed by atoms with Crippen LogP contribution in [0, 0.1) is 0 Å². The van der Waals surface area contributed by atoms with Crippen LogP contribution in [0.25, 0.3) is 0 Å². The molecule has 9 heteroatoms. The van der Waals surface area contributed by atoms with Gasteiger partial charge in [-0.15, -0.1) is 10.2 Å². The molecule has 1 spiro atoms. The van der Waals surface area contributed by atoms with E-state index >= 15 is 0 Å². The molecule has 2 aliphatic rings. The zero-order valence-electron chi connectivity index (χ0n) is 15.8. The smallest absolute Gasteiger partial charge is 0.411 e. The lowest BCUT2D eigenvalue weighted by atomic mass is 9.76. The molecule has 2 aliphatic heterocycles. The fourth-order valence-corrected chi connectivity index (χ4v) is 4.11. The fraction of sp³-hybridized carbons (Fsp3) is 0.765. The van der Waals surface area contributed by atoms with Gasteiger partial charge in [0.25, 0.3) is 5.91 Å². The van der Waals surface area contributed by atoms with E-state index in [2.05, 4.69) is 10.2 Å². The molecule has 1 aromatic heterocycles. The second-order valence-electron chi connectivity index (χ2n) is 8.03. The maximum Gasteiger partial charge on any atom is 0.411 e. The molecule has 0 saturated carbocycles. The summed E-state index contributed by atoms with van der Waals surface area (Å²) in [5, 5.41) is 17.2. The van der Waals surface area contributed by atoms with E-state index in [1.165, 1.54) is 4.90 Å². The predicted octanol–water partition coefficient (Wildman–Crippen LogP) is 1.49. The van der Waals surface area contributed by atoms with Crippen LogP contribution in [0.15, 0.2) is 10.8 Å². The molecule has 2 fully saturated rings. The highest BCUT2D eigenvalue weighted by Crippen LogP contribution is 2.49. The van der Waals surface area contributed by atoms with Crippen molar-refractivity contribution in [2.45, 2.75) is 76.7 Å². The molecule has 9 nitrogen and oxygen atoms in total. The van der Waals surface area contributed by atoms with E-state index < -0.39 is 23.3 Å². The number of β-lactam (4-membered cyclic amide) rings is 1. The normalized spacial score (nSPS) is 29.8. The van der Waals surface area contributed by atoms with Crippen molar-refractivity contribution in [2.75, 3.05) is 6.61 Å². The first-order chi connectivity index (χ1) is 12.1. The number of ether oxygens (including phenoxy) is 1. The monoisotopic (exact) mass is 366 g/mol. The summed E-state index contributed by atoms with van der Waals surface area (Å²) in [6.45, 7) is 8.85. The Labute approximate surface area is 152 Å². The number of aliphatic hydroxyl groups excluding tert-OH is 1. The zero-order valence-corrected chi connectivity index (χ0v) is 15.8. The Bertz CT molecular complexity index is 686. The predicted molar refractivity (Wildman–Crippen MR) is 89.9 cm³/mol. The number of nitrogens with zero attached hydrogens (tertiary/aromatic N) is 4. The van der Waals surface area contributed by atoms with E-state index in [9.17, 15) is 14.7 Å². The Morgan fingerprint density at radius 2 is 2.19 bits per heavy atom. The highest BCUT2D eigenvalue weighted by Gasteiger charge is 2.68. The summed E-state index contributed by atoms with van der Waals surface area (Å²) in [6.07, 6.45) is 1.95. The van der Waals surface area contributed by atoms with Crippen molar-refractivity contribution in [3.05, 3.63) is 12.3 Å². The van der Waals surface area contributed by atoms with Gasteiger partial charge in [0.1, 0.15) is 17.2 Å². The van der Waals surface area contributed by atoms with Gasteiger partial charge in [0.2, 0.25) is 12.3 Å². The summed E-state index contributed by atoms with van der Waals surface area (Å²) in [5.41, 5.74) is -1.59. The lowest BCUT2D eigenvalue weighted by molar-refractivity contribution is -0.181. The highest BCUT2D eigenvalue weighted by atomic mass is 16.6. The van der Waals surface area contributed by atoms with Crippen molar-refractivity contribution >= 4 is 12.0 Å². The van der Waals surface area contributed by atoms with Crippen LogP contribution in [0.5, 0.6) is 0 Å². The molecule has 3 rings (SSSR count). The Kier molecular flexibility index (Phi) is 4.46. The lowest BCUT2D eigenvalue weighted by Gasteiger charge is -2.58. The van der Waals surface area contributed by atoms with Crippen molar-refractivity contribution in [2.24, 2.45) is 0 Å². The third kappa shape index (κ3) is 2.65. The number of rotatable bonds is 3. The highest BCUT2D eigenvalue weighted by molar-refractivity contribution is 5.98. The maximum atomic E-state index is 13.2. The lowest BCUT2D eigenvalue weighted by Crippen LogP contribution is -2.79. The molecular formula is C17H26N4O5. The van der Waals surface area contributed by atoms with Gasteiger partial charge < -0.3 is 19.2 Å². The Hall–Kier alpha value is -2.16. The Balaban J connectivity index is 1.88. The van der Waals surface area contributed by atoms with Gasteiger partial charge in [-0.25, -0.2) is 4.79 Å². The van der Waals surface area contributed by atoms with Crippen LogP contribution in [0.2, 0.25) is 0 Å². The molecule has 0 aromatic carbocycles. The molecule has 0 bridgehead atoms. The van der Waals surface area contributed by atoms with Crippen LogP contribution in [0.1, 0.15) is 59.4 Å². The topological polar surface area (TPSA) is 109 Å². The SMILES string of the molecule is CC1CCC2(C(=O)N(C(CO)c3nnco3)C2C)N1C(=O)OC(C)(C)C. The zero-order chi connectivity index (χ0) is 19.3. The summed E-state index contributed by atoms with van der Waals surface area (Å²) in [7, 11) is 0. The van der Waals surface area contributed by atoms with Gasteiger partial charge in [-0.2, -0.15) is 0 Å². The van der Waals surface area contributed by atoms with Crippen molar-refractivity contribution < 1.29 is 23.8 Å². The third-order valence-corrected chi connectivity index (χ3v) is 5.29. The van der Waals surface area contributed by atoms with Crippen LogP contribution in [-0.2, 0) is 9.53 Å². The minimum Gasteiger partial charge on any atom is -0.444 e. The van der Waals surface area contributed by atoms with Gasteiger partial charge in [0.15, 0.2) is 0 Å². The van der Waals surface area contributed by atoms with E-state index in [-0.39, 0.29) is 30.5 Å². The maximum absolute atomic E-state index is 13.2. The van der Waals surface area contributed by atoms with E-state index in [1.54, 1.807) is 25.7 Å². The number of aliphatic hydroxyl groups is 1. The van der Waals surface area contributed by atoms with Crippen molar-refractivity contribution in [3.63, 3.8) is 0 Å². The van der Waals surface area contributed by atoms with Crippen molar-refractivity contribution in [1.29, 1.82) is 0 Å². The number of hydrogen-bond acceptors (Lipinski definition) is 7. The van der Waals surface area contributed by atoms with Crippen LogP contribution >= 0.6 is 0 Å². The number of aromatic nitrogens is 2. The molecule has 2 saturated heterocycles. The standard InChI is InChI=1S/C17H26N4O5/c1-10-6-7-17(21(10)15(24)26-16(3,4)5)11(2)20(14(17)23)12(8-22)13-19-18-9-25-13/h9-12,22H,6-8H2,1-5H3. The second-order valence-corrected chi connectivity index (χ2v) is 8.03. The number of carbonyl (C=O) groups is 2. The number of hydrogen-bond donors (Lipinski definition) is 1. The number of likely N-dealkylation sites (tertiary alicyclic amines) is 2. The van der Waals surface area contributed by atoms with Gasteiger partial charge in [-0.1, -0.05) is 0 Å². The molecule has 4 unspecified atom stereocenters. The summed E-state index contributed by atoms with van der Waals surface area (Å²) < 4.78 is 10.7. The number of amides is 2. The van der Waals surface area contributed by atoms with Gasteiger partial charge in [-0.05, 0) is 47.5 Å². The van der Waals surface area contributed by atoms with E-state index in [0.717, 1.165) is 6.39 Å². The van der Waals surface area contributed by atoms with Gasteiger partial charge in [0.05, 0.1) is 12.6 Å². The second kappa shape index (κ2) is 6.22. The molecule has 144 valence electrons. The van der Waals surface area contributed by atoms with Crippen molar-refractivity contribution in [3.8, 4) is 0 Å². The molecule has 26 heavy (non-hydrogen) atoms. The first kappa shape index (κ1) is 18.6. The molecule has 1 N–H and O–H groups in total. The summed E-state index contributed by atoms with van der Waals surface area (Å²) in [6, 6.07) is -1.13. The van der Waals surface area contributed by atoms with Gasteiger partial charge in [0, 0.05) is 6.04 Å². The van der Waals surface area contributed by atoms with E-state index in [0.29, 0.717) is 12.8 Å². The van der Waals surface area contributed by atoms with Crippen LogP contribution < -0.4 is 0 Å². The Morgan fingerprint density at radius 3 is 2.69 bits per heavy atom. The molecular weight excluding hydrogens is 340 g/mol. The van der Waals surface area contributed by atoms with Gasteiger partial charge in [-0.3, -0.25) is 9.69 Å². The minimum absolute atomic E-state index is 0.102. The van der Waals surface area contributed by atoms with Crippen molar-refractivity contribution in [1.82, 2.24) is 20.0 Å². The average molecular weight is 366 g/mol. The van der Waals surface area contributed by atoms with Gasteiger partial charge >= 0.3 is 6.09 Å². The average Bonchev–Trinajstić information content (AvgIpc) is 3.19. The van der Waals surface area contributed by atoms with E-state index in [4.69, 9.17) is 9.15 Å². The largest absolute Gasteiger partial charge is 0.444 e. The molecule has 3 heterocycles.